The lowest BCUT2D eigenvalue weighted by Crippen LogP contribution is -2.41. The third-order valence-electron chi connectivity index (χ3n) is 5.22. The topological polar surface area (TPSA) is 56.2 Å². The van der Waals surface area contributed by atoms with Crippen LogP contribution in [0.3, 0.4) is 0 Å². The summed E-state index contributed by atoms with van der Waals surface area (Å²) in [5, 5.41) is 4.19. The number of hydrogen-bond donors (Lipinski definition) is 1. The largest absolute Gasteiger partial charge is 0.417 e. The van der Waals surface area contributed by atoms with Gasteiger partial charge >= 0.3 is 0 Å². The summed E-state index contributed by atoms with van der Waals surface area (Å²) in [5.74, 6) is 0.601. The Morgan fingerprint density at radius 2 is 1.82 bits per heavy atom. The molecule has 28 heavy (non-hydrogen) atoms. The predicted molar refractivity (Wildman–Crippen MR) is 125 cm³/mol. The Hall–Kier alpha value is -1.18. The van der Waals surface area contributed by atoms with Crippen molar-refractivity contribution in [3.63, 3.8) is 0 Å². The van der Waals surface area contributed by atoms with Gasteiger partial charge < -0.3 is 9.74 Å². The van der Waals surface area contributed by atoms with E-state index in [0.29, 0.717) is 30.0 Å². The number of fused-ring (bicyclic) bond motifs is 1. The molecule has 7 heteroatoms. The highest BCUT2D eigenvalue weighted by molar-refractivity contribution is 9.10. The van der Waals surface area contributed by atoms with Gasteiger partial charge in [-0.1, -0.05) is 26.8 Å². The van der Waals surface area contributed by atoms with Crippen LogP contribution in [-0.4, -0.2) is 30.0 Å². The number of anilines is 1. The summed E-state index contributed by atoms with van der Waals surface area (Å²) in [7, 11) is -1.78. The van der Waals surface area contributed by atoms with E-state index in [-0.39, 0.29) is 16.1 Å². The summed E-state index contributed by atoms with van der Waals surface area (Å²) in [6.45, 7) is 18.6. The highest BCUT2D eigenvalue weighted by atomic mass is 79.9. The molecule has 0 spiro atoms. The van der Waals surface area contributed by atoms with Crippen molar-refractivity contribution in [3.8, 4) is 0 Å². The highest BCUT2D eigenvalue weighted by Gasteiger charge is 2.36. The first-order valence-electron chi connectivity index (χ1n) is 9.84. The van der Waals surface area contributed by atoms with Crippen LogP contribution in [0.15, 0.2) is 27.5 Å². The lowest BCUT2D eigenvalue weighted by Gasteiger charge is -2.36. The molecule has 0 saturated heterocycles. The first-order valence-corrected chi connectivity index (χ1v) is 13.5. The van der Waals surface area contributed by atoms with Crippen LogP contribution in [-0.2, 0) is 11.0 Å². The van der Waals surface area contributed by atoms with E-state index in [1.807, 2.05) is 18.2 Å². The average molecular weight is 469 g/mol. The van der Waals surface area contributed by atoms with Gasteiger partial charge in [-0.2, -0.15) is 0 Å². The van der Waals surface area contributed by atoms with E-state index in [1.54, 1.807) is 4.57 Å². The monoisotopic (exact) mass is 467 g/mol. The van der Waals surface area contributed by atoms with Crippen molar-refractivity contribution in [2.24, 2.45) is 0 Å². The van der Waals surface area contributed by atoms with Crippen molar-refractivity contribution in [3.05, 3.63) is 33.0 Å². The van der Waals surface area contributed by atoms with Crippen LogP contribution in [0.1, 0.15) is 48.0 Å². The third kappa shape index (κ3) is 5.45. The lowest BCUT2D eigenvalue weighted by atomic mass is 10.1. The number of hydrogen-bond acceptors (Lipinski definition) is 4. The zero-order valence-electron chi connectivity index (χ0n) is 18.4. The second kappa shape index (κ2) is 8.28. The number of nitrogens with zero attached hydrogens (tertiary/aromatic N) is 2. The molecule has 1 aromatic carbocycles. The molecule has 0 bridgehead atoms. The molecule has 2 rings (SSSR count). The molecular formula is C21H34BrN3O2Si. The number of rotatable bonds is 6. The smallest absolute Gasteiger partial charge is 0.262 e. The number of halogens is 1. The van der Waals surface area contributed by atoms with E-state index in [0.717, 1.165) is 10.9 Å². The van der Waals surface area contributed by atoms with E-state index in [2.05, 4.69) is 75.9 Å². The average Bonchev–Trinajstić information content (AvgIpc) is 2.52. The predicted octanol–water partition coefficient (Wildman–Crippen LogP) is 5.78. The van der Waals surface area contributed by atoms with Crippen molar-refractivity contribution in [2.75, 3.05) is 11.9 Å². The molecule has 0 saturated carbocycles. The summed E-state index contributed by atoms with van der Waals surface area (Å²) in [6, 6.07) is 5.61. The van der Waals surface area contributed by atoms with Crippen LogP contribution in [0.25, 0.3) is 10.9 Å². The van der Waals surface area contributed by atoms with Crippen LogP contribution in [0.4, 0.5) is 5.95 Å². The number of para-hydroxylation sites is 1. The lowest BCUT2D eigenvalue weighted by molar-refractivity contribution is 0.274. The molecule has 0 aliphatic heterocycles. The molecule has 5 nitrogen and oxygen atoms in total. The molecule has 0 aliphatic carbocycles. The highest BCUT2D eigenvalue weighted by Crippen LogP contribution is 2.36. The van der Waals surface area contributed by atoms with Crippen molar-refractivity contribution in [1.82, 2.24) is 9.55 Å². The van der Waals surface area contributed by atoms with Crippen LogP contribution < -0.4 is 10.9 Å². The van der Waals surface area contributed by atoms with E-state index in [9.17, 15) is 4.79 Å². The zero-order valence-corrected chi connectivity index (χ0v) is 21.0. The number of benzene rings is 1. The molecule has 0 radical (unpaired) electrons. The van der Waals surface area contributed by atoms with Crippen molar-refractivity contribution < 1.29 is 4.43 Å². The summed E-state index contributed by atoms with van der Waals surface area (Å²) >= 11 is 3.52. The standard InChI is InChI=1S/C21H34BrN3O2Si/c1-20(2,3)24-19-23-17-15(11-9-12-16(17)22)18(26)25(19)13-10-14-27-28(7,8)21(4,5)6/h9,11-12H,10,13-14H2,1-8H3,(H,23,24). The molecular weight excluding hydrogens is 434 g/mol. The molecule has 1 heterocycles. The van der Waals surface area contributed by atoms with Crippen LogP contribution in [0, 0.1) is 0 Å². The van der Waals surface area contributed by atoms with Gasteiger partial charge in [-0.15, -0.1) is 0 Å². The second-order valence-electron chi connectivity index (χ2n) is 9.87. The van der Waals surface area contributed by atoms with E-state index in [1.165, 1.54) is 0 Å². The minimum atomic E-state index is -1.78. The van der Waals surface area contributed by atoms with E-state index in [4.69, 9.17) is 9.41 Å². The molecule has 0 amide bonds. The van der Waals surface area contributed by atoms with E-state index < -0.39 is 8.32 Å². The van der Waals surface area contributed by atoms with Crippen LogP contribution >= 0.6 is 15.9 Å². The Bertz CT molecular complexity index is 895. The van der Waals surface area contributed by atoms with Gasteiger partial charge in [0.05, 0.1) is 10.9 Å². The van der Waals surface area contributed by atoms with Gasteiger partial charge in [-0.25, -0.2) is 4.98 Å². The van der Waals surface area contributed by atoms with Gasteiger partial charge in [0.2, 0.25) is 5.95 Å². The minimum absolute atomic E-state index is 0.0228. The molecule has 1 aromatic heterocycles. The van der Waals surface area contributed by atoms with Crippen molar-refractivity contribution in [1.29, 1.82) is 0 Å². The fraction of sp³-hybridized carbons (Fsp3) is 0.619. The number of aromatic nitrogens is 2. The fourth-order valence-corrected chi connectivity index (χ4v) is 4.16. The summed E-state index contributed by atoms with van der Waals surface area (Å²) in [5.41, 5.74) is 0.465. The molecule has 1 N–H and O–H groups in total. The van der Waals surface area contributed by atoms with Crippen molar-refractivity contribution in [2.45, 2.75) is 78.2 Å². The Kier molecular flexibility index (Phi) is 6.83. The van der Waals surface area contributed by atoms with Gasteiger partial charge in [0.1, 0.15) is 0 Å². The molecule has 2 aromatic rings. The maximum Gasteiger partial charge on any atom is 0.262 e. The SMILES string of the molecule is CC(C)(C)Nc1nc2c(Br)cccc2c(=O)n1CCCO[Si](C)(C)C(C)(C)C. The minimum Gasteiger partial charge on any atom is -0.417 e. The Morgan fingerprint density at radius 3 is 2.39 bits per heavy atom. The fourth-order valence-electron chi connectivity index (χ4n) is 2.61. The van der Waals surface area contributed by atoms with Gasteiger partial charge in [0.25, 0.3) is 5.56 Å². The van der Waals surface area contributed by atoms with Crippen LogP contribution in [0.5, 0.6) is 0 Å². The number of nitrogens with one attached hydrogen (secondary N) is 1. The Balaban J connectivity index is 2.31. The summed E-state index contributed by atoms with van der Waals surface area (Å²) in [4.78, 5) is 17.9. The maximum absolute atomic E-state index is 13.2. The first kappa shape index (κ1) is 23.1. The van der Waals surface area contributed by atoms with Gasteiger partial charge in [-0.05, 0) is 73.4 Å². The molecule has 0 fully saturated rings. The maximum atomic E-state index is 13.2. The quantitative estimate of drug-likeness (QED) is 0.431. The first-order chi connectivity index (χ1) is 12.7. The molecule has 0 aliphatic rings. The molecule has 0 atom stereocenters. The third-order valence-corrected chi connectivity index (χ3v) is 10.4. The van der Waals surface area contributed by atoms with Gasteiger partial charge in [0.15, 0.2) is 8.32 Å². The van der Waals surface area contributed by atoms with E-state index >= 15 is 0 Å². The van der Waals surface area contributed by atoms with Crippen molar-refractivity contribution >= 4 is 41.1 Å². The van der Waals surface area contributed by atoms with Gasteiger partial charge in [-0.3, -0.25) is 9.36 Å². The summed E-state index contributed by atoms with van der Waals surface area (Å²) in [6.07, 6.45) is 0.770. The van der Waals surface area contributed by atoms with Gasteiger partial charge in [0, 0.05) is 23.2 Å². The van der Waals surface area contributed by atoms with Crippen LogP contribution in [0.2, 0.25) is 18.1 Å². The normalized spacial score (nSPS) is 13.2. The molecule has 156 valence electrons. The second-order valence-corrected chi connectivity index (χ2v) is 15.5. The Morgan fingerprint density at radius 1 is 1.18 bits per heavy atom. The zero-order chi connectivity index (χ0) is 21.3. The Labute approximate surface area is 178 Å². The summed E-state index contributed by atoms with van der Waals surface area (Å²) < 4.78 is 8.85. The molecule has 0 unspecified atom stereocenters.